The van der Waals surface area contributed by atoms with E-state index in [2.05, 4.69) is 5.32 Å². The van der Waals surface area contributed by atoms with Gasteiger partial charge < -0.3 is 10.2 Å². The largest absolute Gasteiger partial charge is 0.416 e. The van der Waals surface area contributed by atoms with Crippen molar-refractivity contribution in [1.29, 1.82) is 0 Å². The second kappa shape index (κ2) is 8.06. The van der Waals surface area contributed by atoms with Crippen LogP contribution in [0.5, 0.6) is 0 Å². The maximum absolute atomic E-state index is 13.1. The van der Waals surface area contributed by atoms with Crippen molar-refractivity contribution in [2.75, 3.05) is 18.0 Å². The first-order valence-electron chi connectivity index (χ1n) is 8.95. The number of alkyl halides is 6. The molecule has 0 saturated carbocycles. The molecular weight excluding hydrogens is 398 g/mol. The molecule has 1 heterocycles. The number of nitrogens with zero attached hydrogens (tertiary/aromatic N) is 1. The van der Waals surface area contributed by atoms with Crippen molar-refractivity contribution in [3.05, 3.63) is 65.2 Å². The number of anilines is 1. The molecule has 0 bridgehead atoms. The molecule has 9 heteroatoms. The van der Waals surface area contributed by atoms with E-state index in [1.165, 1.54) is 17.0 Å². The average molecular weight is 416 g/mol. The summed E-state index contributed by atoms with van der Waals surface area (Å²) in [6.07, 6.45) is -7.51. The lowest BCUT2D eigenvalue weighted by molar-refractivity contribution is -0.138. The van der Waals surface area contributed by atoms with Crippen molar-refractivity contribution in [2.24, 2.45) is 0 Å². The van der Waals surface area contributed by atoms with E-state index < -0.39 is 29.4 Å². The van der Waals surface area contributed by atoms with Gasteiger partial charge in [-0.15, -0.1) is 0 Å². The standard InChI is InChI=1S/C20H18F6N2O/c21-19(22,23)14-8-6-13(7-9-14)18(29)28(12-16-4-2-10-27-16)17-5-1-3-15(11-17)20(24,25)26/h1,3,5-9,11,16,27H,2,4,10,12H2/t16-/m0/s1. The Balaban J connectivity index is 1.94. The number of carbonyl (C=O) groups is 1. The molecule has 1 aliphatic heterocycles. The highest BCUT2D eigenvalue weighted by Crippen LogP contribution is 2.33. The van der Waals surface area contributed by atoms with E-state index in [1.807, 2.05) is 0 Å². The van der Waals surface area contributed by atoms with Crippen molar-refractivity contribution >= 4 is 11.6 Å². The fourth-order valence-electron chi connectivity index (χ4n) is 3.25. The molecule has 1 atom stereocenters. The number of halogens is 6. The van der Waals surface area contributed by atoms with E-state index in [1.54, 1.807) is 0 Å². The zero-order valence-electron chi connectivity index (χ0n) is 15.1. The van der Waals surface area contributed by atoms with Gasteiger partial charge in [0.1, 0.15) is 0 Å². The fraction of sp³-hybridized carbons (Fsp3) is 0.350. The van der Waals surface area contributed by atoms with Gasteiger partial charge in [0.15, 0.2) is 0 Å². The Morgan fingerprint density at radius 3 is 2.17 bits per heavy atom. The topological polar surface area (TPSA) is 32.3 Å². The van der Waals surface area contributed by atoms with Crippen LogP contribution in [0.3, 0.4) is 0 Å². The Labute approximate surface area is 163 Å². The highest BCUT2D eigenvalue weighted by atomic mass is 19.4. The number of carbonyl (C=O) groups excluding carboxylic acids is 1. The summed E-state index contributed by atoms with van der Waals surface area (Å²) >= 11 is 0. The van der Waals surface area contributed by atoms with E-state index in [4.69, 9.17) is 0 Å². The lowest BCUT2D eigenvalue weighted by Gasteiger charge is -2.27. The van der Waals surface area contributed by atoms with E-state index in [0.717, 1.165) is 55.8 Å². The first-order chi connectivity index (χ1) is 13.6. The molecule has 0 unspecified atom stereocenters. The van der Waals surface area contributed by atoms with Crippen LogP contribution < -0.4 is 10.2 Å². The summed E-state index contributed by atoms with van der Waals surface area (Å²) in [6, 6.07) is 7.88. The molecule has 2 aromatic carbocycles. The fourth-order valence-corrected chi connectivity index (χ4v) is 3.25. The van der Waals surface area contributed by atoms with Gasteiger partial charge >= 0.3 is 12.4 Å². The summed E-state index contributed by atoms with van der Waals surface area (Å²) in [4.78, 5) is 14.2. The molecule has 29 heavy (non-hydrogen) atoms. The van der Waals surface area contributed by atoms with Crippen LogP contribution in [0.2, 0.25) is 0 Å². The molecule has 3 nitrogen and oxygen atoms in total. The number of nitrogens with one attached hydrogen (secondary N) is 1. The summed E-state index contributed by atoms with van der Waals surface area (Å²) in [7, 11) is 0. The van der Waals surface area contributed by atoms with E-state index in [0.29, 0.717) is 0 Å². The molecule has 2 aromatic rings. The Hall–Kier alpha value is -2.55. The quantitative estimate of drug-likeness (QED) is 0.702. The summed E-state index contributed by atoms with van der Waals surface area (Å²) in [5.74, 6) is -0.660. The van der Waals surface area contributed by atoms with Gasteiger partial charge in [0.05, 0.1) is 11.1 Å². The molecule has 3 rings (SSSR count). The Morgan fingerprint density at radius 1 is 0.966 bits per heavy atom. The smallest absolute Gasteiger partial charge is 0.312 e. The predicted octanol–water partition coefficient (Wildman–Crippen LogP) is 5.12. The number of benzene rings is 2. The van der Waals surface area contributed by atoms with E-state index >= 15 is 0 Å². The van der Waals surface area contributed by atoms with Crippen LogP contribution in [0, 0.1) is 0 Å². The molecule has 0 aliphatic carbocycles. The number of amides is 1. The molecule has 1 fully saturated rings. The third kappa shape index (κ3) is 5.09. The molecule has 0 radical (unpaired) electrons. The van der Waals surface area contributed by atoms with Crippen LogP contribution in [0.1, 0.15) is 34.3 Å². The minimum Gasteiger partial charge on any atom is -0.312 e. The minimum absolute atomic E-state index is 0.0339. The SMILES string of the molecule is O=C(c1ccc(C(F)(F)F)cc1)N(C[C@@H]1CCCN1)c1cccc(C(F)(F)F)c1. The Kier molecular flexibility index (Phi) is 5.88. The van der Waals surface area contributed by atoms with Gasteiger partial charge in [0.2, 0.25) is 0 Å². The monoisotopic (exact) mass is 416 g/mol. The summed E-state index contributed by atoms with van der Waals surface area (Å²) < 4.78 is 77.6. The molecule has 0 aromatic heterocycles. The summed E-state index contributed by atoms with van der Waals surface area (Å²) in [5, 5.41) is 3.17. The van der Waals surface area contributed by atoms with Crippen molar-refractivity contribution in [2.45, 2.75) is 31.2 Å². The second-order valence-electron chi connectivity index (χ2n) is 6.83. The zero-order chi connectivity index (χ0) is 21.2. The van der Waals surface area contributed by atoms with Gasteiger partial charge in [-0.25, -0.2) is 0 Å². The normalized spacial score (nSPS) is 17.4. The lowest BCUT2D eigenvalue weighted by Crippen LogP contribution is -2.41. The number of hydrogen-bond acceptors (Lipinski definition) is 2. The van der Waals surface area contributed by atoms with Crippen LogP contribution in [-0.4, -0.2) is 25.0 Å². The molecule has 1 aliphatic rings. The Morgan fingerprint density at radius 2 is 1.62 bits per heavy atom. The van der Waals surface area contributed by atoms with Crippen molar-refractivity contribution in [3.63, 3.8) is 0 Å². The van der Waals surface area contributed by atoms with Gasteiger partial charge in [0.25, 0.3) is 5.91 Å². The molecule has 1 amide bonds. The predicted molar refractivity (Wildman–Crippen MR) is 95.6 cm³/mol. The van der Waals surface area contributed by atoms with Crippen molar-refractivity contribution < 1.29 is 31.1 Å². The first kappa shape index (κ1) is 21.2. The van der Waals surface area contributed by atoms with Crippen molar-refractivity contribution in [3.8, 4) is 0 Å². The maximum atomic E-state index is 13.1. The molecule has 156 valence electrons. The van der Waals surface area contributed by atoms with Gasteiger partial charge in [-0.2, -0.15) is 26.3 Å². The number of rotatable bonds is 4. The van der Waals surface area contributed by atoms with Gasteiger partial charge in [-0.3, -0.25) is 4.79 Å². The molecule has 1 saturated heterocycles. The third-order valence-corrected chi connectivity index (χ3v) is 4.75. The van der Waals surface area contributed by atoms with E-state index in [-0.39, 0.29) is 23.8 Å². The molecular formula is C20H18F6N2O. The van der Waals surface area contributed by atoms with Crippen LogP contribution in [0.15, 0.2) is 48.5 Å². The highest BCUT2D eigenvalue weighted by molar-refractivity contribution is 6.06. The Bertz CT molecular complexity index is 855. The molecule has 0 spiro atoms. The van der Waals surface area contributed by atoms with Crippen LogP contribution in [0.25, 0.3) is 0 Å². The zero-order valence-corrected chi connectivity index (χ0v) is 15.1. The molecule has 1 N–H and O–H groups in total. The van der Waals surface area contributed by atoms with Crippen molar-refractivity contribution in [1.82, 2.24) is 5.32 Å². The summed E-state index contributed by atoms with van der Waals surface area (Å²) in [6.45, 7) is 0.844. The third-order valence-electron chi connectivity index (χ3n) is 4.75. The summed E-state index contributed by atoms with van der Waals surface area (Å²) in [5.41, 5.74) is -1.80. The van der Waals surface area contributed by atoms with Gasteiger partial charge in [-0.05, 0) is 61.9 Å². The van der Waals surface area contributed by atoms with Crippen LogP contribution >= 0.6 is 0 Å². The van der Waals surface area contributed by atoms with Crippen LogP contribution in [-0.2, 0) is 12.4 Å². The van der Waals surface area contributed by atoms with Gasteiger partial charge in [0, 0.05) is 23.8 Å². The van der Waals surface area contributed by atoms with Crippen LogP contribution in [0.4, 0.5) is 32.0 Å². The highest BCUT2D eigenvalue weighted by Gasteiger charge is 2.33. The second-order valence-corrected chi connectivity index (χ2v) is 6.83. The lowest BCUT2D eigenvalue weighted by atomic mass is 10.1. The minimum atomic E-state index is -4.58. The number of hydrogen-bond donors (Lipinski definition) is 1. The van der Waals surface area contributed by atoms with Gasteiger partial charge in [-0.1, -0.05) is 6.07 Å². The first-order valence-corrected chi connectivity index (χ1v) is 8.95. The average Bonchev–Trinajstić information content (AvgIpc) is 3.18. The maximum Gasteiger partial charge on any atom is 0.416 e. The van der Waals surface area contributed by atoms with E-state index in [9.17, 15) is 31.1 Å².